The van der Waals surface area contributed by atoms with Crippen molar-refractivity contribution in [2.45, 2.75) is 64.0 Å². The third-order valence-electron chi connectivity index (χ3n) is 6.61. The number of aryl methyl sites for hydroxylation is 1. The van der Waals surface area contributed by atoms with Gasteiger partial charge < -0.3 is 5.32 Å². The van der Waals surface area contributed by atoms with Crippen molar-refractivity contribution in [3.05, 3.63) is 54.6 Å². The molecular formula is C24H31N5. The van der Waals surface area contributed by atoms with Crippen molar-refractivity contribution >= 4 is 5.69 Å². The molecular weight excluding hydrogens is 358 g/mol. The maximum atomic E-state index is 4.53. The van der Waals surface area contributed by atoms with Gasteiger partial charge in [-0.1, -0.05) is 12.1 Å². The Morgan fingerprint density at radius 2 is 1.83 bits per heavy atom. The fourth-order valence-electron chi connectivity index (χ4n) is 4.56. The van der Waals surface area contributed by atoms with E-state index in [0.29, 0.717) is 12.0 Å². The first-order chi connectivity index (χ1) is 14.3. The van der Waals surface area contributed by atoms with Crippen LogP contribution in [0.3, 0.4) is 0 Å². The van der Waals surface area contributed by atoms with E-state index in [1.165, 1.54) is 60.9 Å². The molecule has 0 unspecified atom stereocenters. The maximum Gasteiger partial charge on any atom is 0.0568 e. The van der Waals surface area contributed by atoms with Crippen molar-refractivity contribution in [3.8, 4) is 11.1 Å². The van der Waals surface area contributed by atoms with Crippen LogP contribution >= 0.6 is 0 Å². The summed E-state index contributed by atoms with van der Waals surface area (Å²) >= 11 is 0. The minimum Gasteiger partial charge on any atom is -0.385 e. The van der Waals surface area contributed by atoms with Gasteiger partial charge >= 0.3 is 0 Å². The Hall–Kier alpha value is -2.56. The van der Waals surface area contributed by atoms with Crippen LogP contribution in [0, 0.1) is 5.92 Å². The zero-order valence-corrected chi connectivity index (χ0v) is 17.3. The molecule has 2 aliphatic carbocycles. The van der Waals surface area contributed by atoms with Gasteiger partial charge in [-0.3, -0.25) is 9.36 Å². The van der Waals surface area contributed by atoms with E-state index in [4.69, 9.17) is 0 Å². The molecule has 2 aromatic heterocycles. The molecule has 0 spiro atoms. The first kappa shape index (κ1) is 18.5. The lowest BCUT2D eigenvalue weighted by Gasteiger charge is -2.28. The number of rotatable bonds is 7. The number of anilines is 1. The SMILES string of the molecule is CCn1cc(C2CCC(CNc3cccc(-c4cnn(C5CC5)c4)c3)CC2)cn1. The van der Waals surface area contributed by atoms with Crippen LogP contribution in [0.4, 0.5) is 5.69 Å². The van der Waals surface area contributed by atoms with Gasteiger partial charge in [0.2, 0.25) is 0 Å². The summed E-state index contributed by atoms with van der Waals surface area (Å²) in [5.74, 6) is 1.45. The summed E-state index contributed by atoms with van der Waals surface area (Å²) in [6, 6.07) is 9.41. The van der Waals surface area contributed by atoms with E-state index in [-0.39, 0.29) is 0 Å². The molecule has 0 saturated heterocycles. The van der Waals surface area contributed by atoms with Crippen molar-refractivity contribution in [3.63, 3.8) is 0 Å². The molecule has 5 nitrogen and oxygen atoms in total. The second-order valence-electron chi connectivity index (χ2n) is 8.75. The Kier molecular flexibility index (Phi) is 5.13. The molecule has 0 atom stereocenters. The zero-order valence-electron chi connectivity index (χ0n) is 17.3. The van der Waals surface area contributed by atoms with Crippen molar-refractivity contribution < 1.29 is 0 Å². The summed E-state index contributed by atoms with van der Waals surface area (Å²) in [7, 11) is 0. The van der Waals surface area contributed by atoms with E-state index in [2.05, 4.69) is 70.0 Å². The zero-order chi connectivity index (χ0) is 19.6. The van der Waals surface area contributed by atoms with Crippen LogP contribution in [0.2, 0.25) is 0 Å². The first-order valence-corrected chi connectivity index (χ1v) is 11.2. The first-order valence-electron chi connectivity index (χ1n) is 11.2. The van der Waals surface area contributed by atoms with Crippen molar-refractivity contribution in [1.82, 2.24) is 19.6 Å². The lowest BCUT2D eigenvalue weighted by molar-refractivity contribution is 0.338. The Balaban J connectivity index is 1.15. The molecule has 0 amide bonds. The number of aromatic nitrogens is 4. The topological polar surface area (TPSA) is 47.7 Å². The van der Waals surface area contributed by atoms with Gasteiger partial charge in [0.05, 0.1) is 18.4 Å². The van der Waals surface area contributed by atoms with Gasteiger partial charge in [0, 0.05) is 36.7 Å². The number of hydrogen-bond donors (Lipinski definition) is 1. The second-order valence-corrected chi connectivity index (χ2v) is 8.75. The van der Waals surface area contributed by atoms with E-state index >= 15 is 0 Å². The predicted octanol–water partition coefficient (Wildman–Crippen LogP) is 5.49. The molecule has 2 aliphatic rings. The summed E-state index contributed by atoms with van der Waals surface area (Å²) in [4.78, 5) is 0. The van der Waals surface area contributed by atoms with Crippen LogP contribution in [0.25, 0.3) is 11.1 Å². The van der Waals surface area contributed by atoms with Crippen LogP contribution in [0.5, 0.6) is 0 Å². The molecule has 3 aromatic rings. The third-order valence-corrected chi connectivity index (χ3v) is 6.61. The van der Waals surface area contributed by atoms with Gasteiger partial charge in [-0.05, 0) is 80.5 Å². The lowest BCUT2D eigenvalue weighted by Crippen LogP contribution is -2.20. The molecule has 5 rings (SSSR count). The normalized spacial score (nSPS) is 22.0. The summed E-state index contributed by atoms with van der Waals surface area (Å²) in [6.45, 7) is 4.17. The van der Waals surface area contributed by atoms with E-state index in [0.717, 1.165) is 19.0 Å². The minimum absolute atomic E-state index is 0.636. The van der Waals surface area contributed by atoms with E-state index in [1.54, 1.807) is 0 Å². The molecule has 1 aromatic carbocycles. The largest absolute Gasteiger partial charge is 0.385 e. The average molecular weight is 390 g/mol. The Labute approximate surface area is 173 Å². The van der Waals surface area contributed by atoms with Crippen molar-refractivity contribution in [1.29, 1.82) is 0 Å². The van der Waals surface area contributed by atoms with E-state index < -0.39 is 0 Å². The Morgan fingerprint density at radius 3 is 2.59 bits per heavy atom. The van der Waals surface area contributed by atoms with Gasteiger partial charge in [-0.2, -0.15) is 10.2 Å². The smallest absolute Gasteiger partial charge is 0.0568 e. The molecule has 0 radical (unpaired) electrons. The summed E-state index contributed by atoms with van der Waals surface area (Å²) in [5.41, 5.74) is 5.11. The molecule has 5 heteroatoms. The number of nitrogens with one attached hydrogen (secondary N) is 1. The maximum absolute atomic E-state index is 4.53. The Morgan fingerprint density at radius 1 is 0.966 bits per heavy atom. The average Bonchev–Trinajstić information content (AvgIpc) is 3.30. The molecule has 1 N–H and O–H groups in total. The molecule has 2 saturated carbocycles. The van der Waals surface area contributed by atoms with Gasteiger partial charge in [-0.15, -0.1) is 0 Å². The van der Waals surface area contributed by atoms with Crippen LogP contribution in [0.15, 0.2) is 49.1 Å². The molecule has 29 heavy (non-hydrogen) atoms. The molecule has 152 valence electrons. The highest BCUT2D eigenvalue weighted by Gasteiger charge is 2.25. The van der Waals surface area contributed by atoms with E-state index in [1.807, 2.05) is 10.9 Å². The standard InChI is InChI=1S/C24H31N5/c1-2-28-16-21(14-26-28)19-8-6-18(7-9-19)13-25-23-5-3-4-20(12-23)22-15-27-29(17-22)24-10-11-24/h3-5,12,14-19,24-25H,2,6-11,13H2,1H3. The van der Waals surface area contributed by atoms with Gasteiger partial charge in [0.1, 0.15) is 0 Å². The molecule has 0 aliphatic heterocycles. The Bertz CT molecular complexity index is 944. The molecule has 2 heterocycles. The van der Waals surface area contributed by atoms with Crippen LogP contribution in [-0.2, 0) is 6.54 Å². The third kappa shape index (κ3) is 4.24. The molecule has 2 fully saturated rings. The minimum atomic E-state index is 0.636. The van der Waals surface area contributed by atoms with Gasteiger partial charge in [0.25, 0.3) is 0 Å². The van der Waals surface area contributed by atoms with Crippen molar-refractivity contribution in [2.75, 3.05) is 11.9 Å². The van der Waals surface area contributed by atoms with Crippen LogP contribution in [-0.4, -0.2) is 26.1 Å². The summed E-state index contributed by atoms with van der Waals surface area (Å²) < 4.78 is 4.17. The van der Waals surface area contributed by atoms with Gasteiger partial charge in [-0.25, -0.2) is 0 Å². The number of nitrogens with zero attached hydrogens (tertiary/aromatic N) is 4. The van der Waals surface area contributed by atoms with Crippen LogP contribution < -0.4 is 5.32 Å². The fourth-order valence-corrected chi connectivity index (χ4v) is 4.56. The molecule has 0 bridgehead atoms. The highest BCUT2D eigenvalue weighted by Crippen LogP contribution is 2.37. The summed E-state index contributed by atoms with van der Waals surface area (Å²) in [5, 5.41) is 12.7. The second kappa shape index (κ2) is 8.05. The highest BCUT2D eigenvalue weighted by atomic mass is 15.3. The van der Waals surface area contributed by atoms with Crippen LogP contribution in [0.1, 0.15) is 63.0 Å². The van der Waals surface area contributed by atoms with E-state index in [9.17, 15) is 0 Å². The number of hydrogen-bond acceptors (Lipinski definition) is 3. The fraction of sp³-hybridized carbons (Fsp3) is 0.500. The van der Waals surface area contributed by atoms with Crippen molar-refractivity contribution in [2.24, 2.45) is 5.92 Å². The highest BCUT2D eigenvalue weighted by molar-refractivity contribution is 5.67. The quantitative estimate of drug-likeness (QED) is 0.581. The number of benzene rings is 1. The monoisotopic (exact) mass is 389 g/mol. The lowest BCUT2D eigenvalue weighted by atomic mass is 9.79. The predicted molar refractivity (Wildman–Crippen MR) is 117 cm³/mol. The van der Waals surface area contributed by atoms with Gasteiger partial charge in [0.15, 0.2) is 0 Å². The summed E-state index contributed by atoms with van der Waals surface area (Å²) in [6.07, 6.45) is 16.2.